The largest absolute Gasteiger partial charge is 0.495 e. The van der Waals surface area contributed by atoms with Crippen LogP contribution in [-0.2, 0) is 10.0 Å². The van der Waals surface area contributed by atoms with Crippen LogP contribution in [-0.4, -0.2) is 44.1 Å². The summed E-state index contributed by atoms with van der Waals surface area (Å²) in [6.45, 7) is 2.41. The fraction of sp³-hybridized carbons (Fsp3) is 0.435. The van der Waals surface area contributed by atoms with Crippen LogP contribution in [0.15, 0.2) is 52.3 Å². The molecule has 6 nitrogen and oxygen atoms in total. The summed E-state index contributed by atoms with van der Waals surface area (Å²) in [5.41, 5.74) is 1.43. The molecule has 2 aromatic rings. The number of benzene rings is 2. The molecule has 2 aliphatic rings. The first-order chi connectivity index (χ1) is 14.9. The second-order valence-corrected chi connectivity index (χ2v) is 11.0. The predicted molar refractivity (Wildman–Crippen MR) is 122 cm³/mol. The molecule has 2 atom stereocenters. The van der Waals surface area contributed by atoms with Crippen molar-refractivity contribution < 1.29 is 17.9 Å². The lowest BCUT2D eigenvalue weighted by molar-refractivity contribution is 0.0934. The maximum absolute atomic E-state index is 13.4. The van der Waals surface area contributed by atoms with E-state index in [9.17, 15) is 13.2 Å². The minimum absolute atomic E-state index is 0.0519. The summed E-state index contributed by atoms with van der Waals surface area (Å²) < 4.78 is 33.7. The summed E-state index contributed by atoms with van der Waals surface area (Å²) in [5.74, 6) is 0.906. The summed E-state index contributed by atoms with van der Waals surface area (Å²) in [6.07, 6.45) is 3.53. The number of ether oxygens (including phenoxy) is 1. The van der Waals surface area contributed by atoms with E-state index < -0.39 is 10.0 Å². The maximum Gasteiger partial charge on any atom is 0.251 e. The Balaban J connectivity index is 1.63. The number of piperidine rings is 1. The SMILES string of the molecule is COc1ccc(C(=O)N[C@@H]2CCSc3ccccc32)cc1S(=O)(=O)N1CCCC[C@@H]1C. The Kier molecular flexibility index (Phi) is 6.60. The van der Waals surface area contributed by atoms with Crippen LogP contribution < -0.4 is 10.1 Å². The zero-order chi connectivity index (χ0) is 22.0. The molecule has 0 aliphatic carbocycles. The molecule has 0 bridgehead atoms. The van der Waals surface area contributed by atoms with Crippen molar-refractivity contribution in [3.63, 3.8) is 0 Å². The number of rotatable bonds is 5. The van der Waals surface area contributed by atoms with Gasteiger partial charge in [-0.1, -0.05) is 24.6 Å². The monoisotopic (exact) mass is 460 g/mol. The lowest BCUT2D eigenvalue weighted by Gasteiger charge is -2.32. The average molecular weight is 461 g/mol. The van der Waals surface area contributed by atoms with E-state index in [1.54, 1.807) is 23.9 Å². The maximum atomic E-state index is 13.4. The van der Waals surface area contributed by atoms with Gasteiger partial charge in [0.2, 0.25) is 10.0 Å². The lowest BCUT2D eigenvalue weighted by Crippen LogP contribution is -2.42. The molecular formula is C23H28N2O4S2. The molecule has 1 fully saturated rings. The summed E-state index contributed by atoms with van der Waals surface area (Å²) in [5, 5.41) is 3.09. The van der Waals surface area contributed by atoms with E-state index in [2.05, 4.69) is 11.4 Å². The Hall–Kier alpha value is -2.03. The van der Waals surface area contributed by atoms with Crippen LogP contribution in [0.4, 0.5) is 0 Å². The first kappa shape index (κ1) is 22.2. The molecule has 2 aromatic carbocycles. The number of hydrogen-bond acceptors (Lipinski definition) is 5. The number of methoxy groups -OCH3 is 1. The van der Waals surface area contributed by atoms with Crippen molar-refractivity contribution in [2.75, 3.05) is 19.4 Å². The Morgan fingerprint density at radius 3 is 2.74 bits per heavy atom. The van der Waals surface area contributed by atoms with E-state index in [0.29, 0.717) is 12.1 Å². The number of hydrogen-bond donors (Lipinski definition) is 1. The molecule has 1 amide bonds. The first-order valence-corrected chi connectivity index (χ1v) is 13.1. The Morgan fingerprint density at radius 2 is 1.97 bits per heavy atom. The van der Waals surface area contributed by atoms with Gasteiger partial charge in [0.15, 0.2) is 0 Å². The second-order valence-electron chi connectivity index (χ2n) is 8.03. The third-order valence-corrected chi connectivity index (χ3v) is 9.18. The van der Waals surface area contributed by atoms with E-state index in [1.165, 1.54) is 22.4 Å². The van der Waals surface area contributed by atoms with Crippen LogP contribution in [0.5, 0.6) is 5.75 Å². The number of nitrogens with one attached hydrogen (secondary N) is 1. The van der Waals surface area contributed by atoms with Crippen molar-refractivity contribution in [2.24, 2.45) is 0 Å². The Bertz CT molecular complexity index is 1070. The zero-order valence-electron chi connectivity index (χ0n) is 17.8. The molecular weight excluding hydrogens is 432 g/mol. The van der Waals surface area contributed by atoms with Gasteiger partial charge in [0.1, 0.15) is 10.6 Å². The highest BCUT2D eigenvalue weighted by molar-refractivity contribution is 7.99. The van der Waals surface area contributed by atoms with Crippen molar-refractivity contribution in [2.45, 2.75) is 54.5 Å². The average Bonchev–Trinajstić information content (AvgIpc) is 2.79. The van der Waals surface area contributed by atoms with Crippen molar-refractivity contribution in [1.29, 1.82) is 0 Å². The molecule has 0 spiro atoms. The van der Waals surface area contributed by atoms with Crippen molar-refractivity contribution in [3.05, 3.63) is 53.6 Å². The molecule has 0 unspecified atom stereocenters. The van der Waals surface area contributed by atoms with E-state index >= 15 is 0 Å². The number of fused-ring (bicyclic) bond motifs is 1. The van der Waals surface area contributed by atoms with Crippen LogP contribution in [0.1, 0.15) is 54.6 Å². The van der Waals surface area contributed by atoms with Crippen molar-refractivity contribution in [3.8, 4) is 5.75 Å². The van der Waals surface area contributed by atoms with Gasteiger partial charge in [0.05, 0.1) is 13.2 Å². The van der Waals surface area contributed by atoms with Gasteiger partial charge >= 0.3 is 0 Å². The standard InChI is InChI=1S/C23H28N2O4S2/c1-16-7-5-6-13-25(16)31(27,28)22-15-17(10-11-20(22)29-2)23(26)24-19-12-14-30-21-9-4-3-8-18(19)21/h3-4,8-11,15-16,19H,5-7,12-14H2,1-2H3,(H,24,26)/t16-,19+/m0/s1. The summed E-state index contributed by atoms with van der Waals surface area (Å²) in [6, 6.07) is 12.6. The highest BCUT2D eigenvalue weighted by atomic mass is 32.2. The normalized spacial score (nSPS) is 21.9. The van der Waals surface area contributed by atoms with Crippen LogP contribution in [0, 0.1) is 0 Å². The van der Waals surface area contributed by atoms with Crippen LogP contribution in [0.25, 0.3) is 0 Å². The quantitative estimate of drug-likeness (QED) is 0.723. The van der Waals surface area contributed by atoms with Gasteiger partial charge in [-0.3, -0.25) is 4.79 Å². The minimum atomic E-state index is -3.77. The predicted octanol–water partition coefficient (Wildman–Crippen LogP) is 4.23. The van der Waals surface area contributed by atoms with Crippen LogP contribution in [0.2, 0.25) is 0 Å². The molecule has 2 heterocycles. The molecule has 4 rings (SSSR count). The molecule has 31 heavy (non-hydrogen) atoms. The van der Waals surface area contributed by atoms with Crippen molar-refractivity contribution in [1.82, 2.24) is 9.62 Å². The third kappa shape index (κ3) is 4.47. The number of nitrogens with zero attached hydrogens (tertiary/aromatic N) is 1. The fourth-order valence-electron chi connectivity index (χ4n) is 4.31. The third-order valence-electron chi connectivity index (χ3n) is 6.02. The number of carbonyl (C=O) groups excluding carboxylic acids is 1. The molecule has 166 valence electrons. The molecule has 0 aromatic heterocycles. The number of carbonyl (C=O) groups is 1. The second kappa shape index (κ2) is 9.22. The van der Waals surface area contributed by atoms with Crippen molar-refractivity contribution >= 4 is 27.7 Å². The smallest absolute Gasteiger partial charge is 0.251 e. The Labute approximate surface area is 188 Å². The highest BCUT2D eigenvalue weighted by Gasteiger charge is 2.34. The molecule has 8 heteroatoms. The molecule has 1 saturated heterocycles. The number of sulfonamides is 1. The molecule has 2 aliphatic heterocycles. The zero-order valence-corrected chi connectivity index (χ0v) is 19.5. The van der Waals surface area contributed by atoms with E-state index in [1.807, 2.05) is 25.1 Å². The summed E-state index contributed by atoms with van der Waals surface area (Å²) in [4.78, 5) is 14.3. The van der Waals surface area contributed by atoms with Gasteiger partial charge in [-0.05, 0) is 56.0 Å². The minimum Gasteiger partial charge on any atom is -0.495 e. The van der Waals surface area contributed by atoms with Gasteiger partial charge in [-0.2, -0.15) is 4.31 Å². The topological polar surface area (TPSA) is 75.7 Å². The summed E-state index contributed by atoms with van der Waals surface area (Å²) >= 11 is 1.79. The van der Waals surface area contributed by atoms with Gasteiger partial charge in [0, 0.05) is 28.8 Å². The molecule has 1 N–H and O–H groups in total. The van der Waals surface area contributed by atoms with Crippen LogP contribution in [0.3, 0.4) is 0 Å². The van der Waals surface area contributed by atoms with Gasteiger partial charge in [-0.15, -0.1) is 11.8 Å². The molecule has 0 radical (unpaired) electrons. The molecule has 0 saturated carbocycles. The Morgan fingerprint density at radius 1 is 1.16 bits per heavy atom. The van der Waals surface area contributed by atoms with Gasteiger partial charge in [-0.25, -0.2) is 8.42 Å². The number of thioether (sulfide) groups is 1. The lowest BCUT2D eigenvalue weighted by atomic mass is 10.0. The first-order valence-electron chi connectivity index (χ1n) is 10.6. The fourth-order valence-corrected chi connectivity index (χ4v) is 7.32. The van der Waals surface area contributed by atoms with E-state index in [4.69, 9.17) is 4.74 Å². The highest BCUT2D eigenvalue weighted by Crippen LogP contribution is 2.36. The van der Waals surface area contributed by atoms with Gasteiger partial charge in [0.25, 0.3) is 5.91 Å². The van der Waals surface area contributed by atoms with E-state index in [-0.39, 0.29) is 28.6 Å². The van der Waals surface area contributed by atoms with Gasteiger partial charge < -0.3 is 10.1 Å². The summed E-state index contributed by atoms with van der Waals surface area (Å²) in [7, 11) is -2.32. The van der Waals surface area contributed by atoms with E-state index in [0.717, 1.165) is 37.0 Å². The number of amides is 1. The van der Waals surface area contributed by atoms with Crippen LogP contribution >= 0.6 is 11.8 Å².